The van der Waals surface area contributed by atoms with Gasteiger partial charge in [0.25, 0.3) is 0 Å². The van der Waals surface area contributed by atoms with Gasteiger partial charge in [-0.3, -0.25) is 9.69 Å². The summed E-state index contributed by atoms with van der Waals surface area (Å²) in [6, 6.07) is 9.66. The van der Waals surface area contributed by atoms with E-state index >= 15 is 0 Å². The third kappa shape index (κ3) is 3.10. The Labute approximate surface area is 138 Å². The van der Waals surface area contributed by atoms with E-state index in [1.54, 1.807) is 13.1 Å². The van der Waals surface area contributed by atoms with Crippen LogP contribution in [0.25, 0.3) is 11.3 Å². The quantitative estimate of drug-likeness (QED) is 0.872. The molecular formula is C16H18N4O2S. The van der Waals surface area contributed by atoms with Gasteiger partial charge in [0.05, 0.1) is 17.1 Å². The number of nitrogens with one attached hydrogen (secondary N) is 1. The number of hydrogen-bond donors (Lipinski definition) is 1. The Morgan fingerprint density at radius 3 is 2.74 bits per heavy atom. The number of benzene rings is 1. The lowest BCUT2D eigenvalue weighted by Crippen LogP contribution is -2.39. The van der Waals surface area contributed by atoms with Gasteiger partial charge < -0.3 is 9.88 Å². The fourth-order valence-corrected chi connectivity index (χ4v) is 3.40. The van der Waals surface area contributed by atoms with Crippen LogP contribution in [-0.4, -0.2) is 44.7 Å². The minimum atomic E-state index is -0.372. The Morgan fingerprint density at radius 2 is 2.09 bits per heavy atom. The minimum absolute atomic E-state index is 0.186. The standard InChI is InChI=1S/C16H18N4O2S/c1-11(14(21)20-9-8-17-15(20)22)23-16-18-10-13(19(16)2)12-6-4-3-5-7-12/h3-7,10-11H,8-9H2,1-2H3,(H,17,22). The number of amides is 3. The van der Waals surface area contributed by atoms with Crippen LogP contribution >= 0.6 is 11.8 Å². The van der Waals surface area contributed by atoms with E-state index in [4.69, 9.17) is 0 Å². The fourth-order valence-electron chi connectivity index (χ4n) is 2.49. The molecule has 0 radical (unpaired) electrons. The van der Waals surface area contributed by atoms with Gasteiger partial charge in [0.2, 0.25) is 5.91 Å². The predicted octanol–water partition coefficient (Wildman–Crippen LogP) is 2.12. The second-order valence-corrected chi connectivity index (χ2v) is 6.64. The number of urea groups is 1. The summed E-state index contributed by atoms with van der Waals surface area (Å²) in [4.78, 5) is 29.6. The normalized spacial score (nSPS) is 15.6. The summed E-state index contributed by atoms with van der Waals surface area (Å²) in [5.74, 6) is -0.186. The van der Waals surface area contributed by atoms with Crippen LogP contribution in [0.15, 0.2) is 41.7 Å². The van der Waals surface area contributed by atoms with Gasteiger partial charge in [-0.1, -0.05) is 42.1 Å². The first-order chi connectivity index (χ1) is 11.1. The molecule has 120 valence electrons. The van der Waals surface area contributed by atoms with Crippen LogP contribution in [0.5, 0.6) is 0 Å². The molecule has 1 fully saturated rings. The first-order valence-corrected chi connectivity index (χ1v) is 8.29. The van der Waals surface area contributed by atoms with Gasteiger partial charge >= 0.3 is 6.03 Å². The zero-order valence-corrected chi connectivity index (χ0v) is 13.8. The van der Waals surface area contributed by atoms with Gasteiger partial charge in [-0.15, -0.1) is 0 Å². The van der Waals surface area contributed by atoms with E-state index < -0.39 is 0 Å². The summed E-state index contributed by atoms with van der Waals surface area (Å²) < 4.78 is 1.97. The summed E-state index contributed by atoms with van der Waals surface area (Å²) in [7, 11) is 1.93. The molecule has 1 atom stereocenters. The Kier molecular flexibility index (Phi) is 4.38. The maximum Gasteiger partial charge on any atom is 0.324 e. The van der Waals surface area contributed by atoms with Crippen molar-refractivity contribution in [1.29, 1.82) is 0 Å². The molecule has 3 amide bonds. The van der Waals surface area contributed by atoms with E-state index in [1.807, 2.05) is 41.9 Å². The topological polar surface area (TPSA) is 67.2 Å². The van der Waals surface area contributed by atoms with Crippen molar-refractivity contribution in [2.45, 2.75) is 17.3 Å². The van der Waals surface area contributed by atoms with Gasteiger partial charge in [-0.2, -0.15) is 0 Å². The molecule has 0 spiro atoms. The maximum absolute atomic E-state index is 12.4. The van der Waals surface area contributed by atoms with Crippen molar-refractivity contribution in [3.8, 4) is 11.3 Å². The van der Waals surface area contributed by atoms with E-state index in [0.29, 0.717) is 13.1 Å². The average Bonchev–Trinajstić information content (AvgIpc) is 3.14. The molecular weight excluding hydrogens is 312 g/mol. The molecule has 1 unspecified atom stereocenters. The molecule has 0 saturated carbocycles. The molecule has 1 aliphatic rings. The summed E-state index contributed by atoms with van der Waals surface area (Å²) in [5, 5.41) is 3.02. The van der Waals surface area contributed by atoms with Crippen LogP contribution < -0.4 is 5.32 Å². The number of rotatable bonds is 4. The van der Waals surface area contributed by atoms with Crippen molar-refractivity contribution in [3.63, 3.8) is 0 Å². The number of nitrogens with zero attached hydrogens (tertiary/aromatic N) is 3. The number of aromatic nitrogens is 2. The molecule has 6 nitrogen and oxygen atoms in total. The van der Waals surface area contributed by atoms with Crippen LogP contribution in [0.2, 0.25) is 0 Å². The maximum atomic E-state index is 12.4. The van der Waals surface area contributed by atoms with Gasteiger partial charge in [-0.25, -0.2) is 9.78 Å². The molecule has 2 heterocycles. The highest BCUT2D eigenvalue weighted by atomic mass is 32.2. The van der Waals surface area contributed by atoms with Crippen LogP contribution in [0.1, 0.15) is 6.92 Å². The molecule has 3 rings (SSSR count). The smallest absolute Gasteiger partial charge is 0.324 e. The molecule has 1 aromatic heterocycles. The number of carbonyl (C=O) groups is 2. The van der Waals surface area contributed by atoms with Gasteiger partial charge in [0.1, 0.15) is 0 Å². The zero-order valence-electron chi connectivity index (χ0n) is 13.0. The third-order valence-corrected chi connectivity index (χ3v) is 4.91. The first-order valence-electron chi connectivity index (χ1n) is 7.41. The van der Waals surface area contributed by atoms with Crippen molar-refractivity contribution in [2.75, 3.05) is 13.1 Å². The summed E-state index contributed by atoms with van der Waals surface area (Å²) in [6.45, 7) is 2.75. The minimum Gasteiger partial charge on any atom is -0.336 e. The van der Waals surface area contributed by atoms with Crippen molar-refractivity contribution in [2.24, 2.45) is 7.05 Å². The predicted molar refractivity (Wildman–Crippen MR) is 89.1 cm³/mol. The van der Waals surface area contributed by atoms with E-state index in [0.717, 1.165) is 16.4 Å². The lowest BCUT2D eigenvalue weighted by atomic mass is 10.2. The lowest BCUT2D eigenvalue weighted by Gasteiger charge is -2.17. The summed E-state index contributed by atoms with van der Waals surface area (Å²) in [6.07, 6.45) is 1.80. The van der Waals surface area contributed by atoms with Crippen LogP contribution in [-0.2, 0) is 11.8 Å². The SMILES string of the molecule is CC(Sc1ncc(-c2ccccc2)n1C)C(=O)N1CCNC1=O. The van der Waals surface area contributed by atoms with E-state index in [2.05, 4.69) is 10.3 Å². The molecule has 1 saturated heterocycles. The monoisotopic (exact) mass is 330 g/mol. The summed E-state index contributed by atoms with van der Waals surface area (Å²) >= 11 is 1.36. The van der Waals surface area contributed by atoms with Crippen molar-refractivity contribution in [1.82, 2.24) is 19.8 Å². The third-order valence-electron chi connectivity index (χ3n) is 3.77. The number of carbonyl (C=O) groups excluding carboxylic acids is 2. The highest BCUT2D eigenvalue weighted by molar-refractivity contribution is 8.00. The Bertz CT molecular complexity index is 729. The molecule has 7 heteroatoms. The van der Waals surface area contributed by atoms with Gasteiger partial charge in [0.15, 0.2) is 5.16 Å². The molecule has 0 bridgehead atoms. The fraction of sp³-hybridized carbons (Fsp3) is 0.312. The average molecular weight is 330 g/mol. The second kappa shape index (κ2) is 6.45. The highest BCUT2D eigenvalue weighted by Gasteiger charge is 2.30. The Morgan fingerprint density at radius 1 is 1.35 bits per heavy atom. The molecule has 1 aliphatic heterocycles. The van der Waals surface area contributed by atoms with E-state index in [-0.39, 0.29) is 17.2 Å². The first kappa shape index (κ1) is 15.6. The number of imidazole rings is 1. The number of thioether (sulfide) groups is 1. The number of hydrogen-bond acceptors (Lipinski definition) is 4. The van der Waals surface area contributed by atoms with Gasteiger partial charge in [-0.05, 0) is 12.5 Å². The van der Waals surface area contributed by atoms with E-state index in [1.165, 1.54) is 16.7 Å². The van der Waals surface area contributed by atoms with Crippen LogP contribution in [0, 0.1) is 0 Å². The number of imide groups is 1. The van der Waals surface area contributed by atoms with E-state index in [9.17, 15) is 9.59 Å². The summed E-state index contributed by atoms with van der Waals surface area (Å²) in [5.41, 5.74) is 2.07. The highest BCUT2D eigenvalue weighted by Crippen LogP contribution is 2.28. The van der Waals surface area contributed by atoms with Crippen LogP contribution in [0.3, 0.4) is 0 Å². The lowest BCUT2D eigenvalue weighted by molar-refractivity contribution is -0.126. The second-order valence-electron chi connectivity index (χ2n) is 5.33. The zero-order chi connectivity index (χ0) is 16.4. The Balaban J connectivity index is 1.75. The molecule has 1 aromatic carbocycles. The van der Waals surface area contributed by atoms with Crippen molar-refractivity contribution >= 4 is 23.7 Å². The molecule has 0 aliphatic carbocycles. The molecule has 23 heavy (non-hydrogen) atoms. The Hall–Kier alpha value is -2.28. The van der Waals surface area contributed by atoms with Crippen molar-refractivity contribution < 1.29 is 9.59 Å². The largest absolute Gasteiger partial charge is 0.336 e. The molecule has 1 N–H and O–H groups in total. The van der Waals surface area contributed by atoms with Gasteiger partial charge in [0, 0.05) is 20.1 Å². The van der Waals surface area contributed by atoms with Crippen molar-refractivity contribution in [3.05, 3.63) is 36.5 Å². The van der Waals surface area contributed by atoms with Crippen LogP contribution in [0.4, 0.5) is 4.79 Å². The molecule has 2 aromatic rings.